The zero-order chi connectivity index (χ0) is 13.8. The molecule has 0 bridgehead atoms. The molecule has 106 valence electrons. The van der Waals surface area contributed by atoms with E-state index in [0.717, 1.165) is 12.2 Å². The molecule has 1 aliphatic rings. The van der Waals surface area contributed by atoms with Gasteiger partial charge in [-0.2, -0.15) is 0 Å². The molecule has 0 spiro atoms. The maximum atomic E-state index is 9.91. The predicted molar refractivity (Wildman–Crippen MR) is 75.2 cm³/mol. The molecule has 1 saturated heterocycles. The summed E-state index contributed by atoms with van der Waals surface area (Å²) in [6, 6.07) is 6.16. The van der Waals surface area contributed by atoms with Crippen LogP contribution in [0.25, 0.3) is 0 Å². The quantitative estimate of drug-likeness (QED) is 0.850. The van der Waals surface area contributed by atoms with Gasteiger partial charge < -0.3 is 24.8 Å². The van der Waals surface area contributed by atoms with Crippen molar-refractivity contribution in [3.63, 3.8) is 0 Å². The fourth-order valence-corrected chi connectivity index (χ4v) is 2.40. The van der Waals surface area contributed by atoms with Gasteiger partial charge in [-0.3, -0.25) is 0 Å². The third kappa shape index (κ3) is 3.11. The standard InChI is InChI=1S/C14H22N2O3/c1-10-7-15-8-12(17)9-16(10)11-4-5-13(18-2)14(6-11)19-3/h4-6,10,12,15,17H,7-9H2,1-3H3. The number of β-amino-alcohol motifs (C(OH)–C–C–N with tert-alkyl or cyclic N) is 1. The molecule has 5 heteroatoms. The largest absolute Gasteiger partial charge is 0.493 e. The summed E-state index contributed by atoms with van der Waals surface area (Å²) in [5, 5.41) is 13.2. The van der Waals surface area contributed by atoms with Crippen molar-refractivity contribution >= 4 is 5.69 Å². The van der Waals surface area contributed by atoms with Gasteiger partial charge in [0.1, 0.15) is 0 Å². The second-order valence-electron chi connectivity index (χ2n) is 4.85. The summed E-state index contributed by atoms with van der Waals surface area (Å²) in [6.07, 6.45) is -0.363. The molecule has 2 atom stereocenters. The van der Waals surface area contributed by atoms with Crippen LogP contribution in [-0.2, 0) is 0 Å². The average Bonchev–Trinajstić information content (AvgIpc) is 2.59. The van der Waals surface area contributed by atoms with Crippen molar-refractivity contribution in [3.8, 4) is 11.5 Å². The Morgan fingerprint density at radius 2 is 1.95 bits per heavy atom. The second kappa shape index (κ2) is 6.12. The predicted octanol–water partition coefficient (Wildman–Crippen LogP) is 0.863. The van der Waals surface area contributed by atoms with Crippen molar-refractivity contribution in [1.82, 2.24) is 5.32 Å². The van der Waals surface area contributed by atoms with Gasteiger partial charge in [-0.1, -0.05) is 0 Å². The molecule has 1 aromatic rings. The Hall–Kier alpha value is -1.46. The first-order valence-corrected chi connectivity index (χ1v) is 6.53. The van der Waals surface area contributed by atoms with E-state index < -0.39 is 0 Å². The van der Waals surface area contributed by atoms with Crippen LogP contribution < -0.4 is 19.7 Å². The summed E-state index contributed by atoms with van der Waals surface area (Å²) in [5.74, 6) is 1.42. The summed E-state index contributed by atoms with van der Waals surface area (Å²) in [4.78, 5) is 2.19. The van der Waals surface area contributed by atoms with E-state index in [1.54, 1.807) is 14.2 Å². The van der Waals surface area contributed by atoms with Crippen molar-refractivity contribution in [2.24, 2.45) is 0 Å². The van der Waals surface area contributed by atoms with E-state index in [2.05, 4.69) is 17.1 Å². The lowest BCUT2D eigenvalue weighted by atomic mass is 10.2. The van der Waals surface area contributed by atoms with E-state index in [-0.39, 0.29) is 6.10 Å². The van der Waals surface area contributed by atoms with E-state index in [9.17, 15) is 5.11 Å². The molecule has 5 nitrogen and oxygen atoms in total. The van der Waals surface area contributed by atoms with Crippen LogP contribution in [0.5, 0.6) is 11.5 Å². The van der Waals surface area contributed by atoms with Gasteiger partial charge in [-0.25, -0.2) is 0 Å². The highest BCUT2D eigenvalue weighted by atomic mass is 16.5. The number of hydrogen-bond donors (Lipinski definition) is 2. The number of aliphatic hydroxyl groups is 1. The summed E-state index contributed by atoms with van der Waals surface area (Å²) >= 11 is 0. The van der Waals surface area contributed by atoms with Gasteiger partial charge >= 0.3 is 0 Å². The monoisotopic (exact) mass is 266 g/mol. The van der Waals surface area contributed by atoms with Crippen LogP contribution in [0.4, 0.5) is 5.69 Å². The van der Waals surface area contributed by atoms with Crippen molar-refractivity contribution in [2.75, 3.05) is 38.8 Å². The molecule has 2 unspecified atom stereocenters. The van der Waals surface area contributed by atoms with Gasteiger partial charge in [0.15, 0.2) is 11.5 Å². The highest BCUT2D eigenvalue weighted by molar-refractivity contribution is 5.57. The fourth-order valence-electron chi connectivity index (χ4n) is 2.40. The Balaban J connectivity index is 2.28. The normalized spacial score (nSPS) is 23.9. The molecule has 1 aliphatic heterocycles. The molecule has 0 saturated carbocycles. The summed E-state index contributed by atoms with van der Waals surface area (Å²) in [6.45, 7) is 4.24. The van der Waals surface area contributed by atoms with Gasteiger partial charge in [-0.15, -0.1) is 0 Å². The van der Waals surface area contributed by atoms with Gasteiger partial charge in [0.25, 0.3) is 0 Å². The second-order valence-corrected chi connectivity index (χ2v) is 4.85. The van der Waals surface area contributed by atoms with E-state index >= 15 is 0 Å². The molecule has 0 aromatic heterocycles. The summed E-state index contributed by atoms with van der Waals surface area (Å²) < 4.78 is 10.6. The Kier molecular flexibility index (Phi) is 4.50. The lowest BCUT2D eigenvalue weighted by Gasteiger charge is -2.30. The first kappa shape index (κ1) is 14.0. The Morgan fingerprint density at radius 3 is 2.63 bits per heavy atom. The number of ether oxygens (including phenoxy) is 2. The molecule has 19 heavy (non-hydrogen) atoms. The van der Waals surface area contributed by atoms with Crippen molar-refractivity contribution in [3.05, 3.63) is 18.2 Å². The molecule has 1 aromatic carbocycles. The number of anilines is 1. The molecule has 0 radical (unpaired) electrons. The zero-order valence-corrected chi connectivity index (χ0v) is 11.7. The van der Waals surface area contributed by atoms with E-state index in [4.69, 9.17) is 9.47 Å². The number of nitrogens with one attached hydrogen (secondary N) is 1. The molecule has 0 amide bonds. The number of benzene rings is 1. The minimum absolute atomic E-state index is 0.315. The SMILES string of the molecule is COc1ccc(N2CC(O)CNCC2C)cc1OC. The van der Waals surface area contributed by atoms with Crippen LogP contribution in [0.2, 0.25) is 0 Å². The lowest BCUT2D eigenvalue weighted by Crippen LogP contribution is -2.39. The van der Waals surface area contributed by atoms with Crippen LogP contribution in [0.1, 0.15) is 6.92 Å². The number of rotatable bonds is 3. The van der Waals surface area contributed by atoms with Crippen LogP contribution in [-0.4, -0.2) is 51.1 Å². The maximum Gasteiger partial charge on any atom is 0.162 e. The highest BCUT2D eigenvalue weighted by Gasteiger charge is 2.22. The smallest absolute Gasteiger partial charge is 0.162 e. The number of nitrogens with zero attached hydrogens (tertiary/aromatic N) is 1. The van der Waals surface area contributed by atoms with Crippen LogP contribution in [0.15, 0.2) is 18.2 Å². The third-order valence-corrected chi connectivity index (χ3v) is 3.46. The molecule has 1 heterocycles. The first-order chi connectivity index (χ1) is 9.15. The molecule has 2 rings (SSSR count). The van der Waals surface area contributed by atoms with Gasteiger partial charge in [0, 0.05) is 37.4 Å². The van der Waals surface area contributed by atoms with Crippen LogP contribution in [0, 0.1) is 0 Å². The summed E-state index contributed by atoms with van der Waals surface area (Å²) in [7, 11) is 3.25. The van der Waals surface area contributed by atoms with Gasteiger partial charge in [-0.05, 0) is 19.1 Å². The van der Waals surface area contributed by atoms with Crippen molar-refractivity contribution in [2.45, 2.75) is 19.1 Å². The first-order valence-electron chi connectivity index (χ1n) is 6.53. The molecular formula is C14H22N2O3. The van der Waals surface area contributed by atoms with E-state index in [1.165, 1.54) is 0 Å². The number of methoxy groups -OCH3 is 2. The van der Waals surface area contributed by atoms with Crippen LogP contribution in [0.3, 0.4) is 0 Å². The van der Waals surface area contributed by atoms with Crippen molar-refractivity contribution < 1.29 is 14.6 Å². The molecule has 0 aliphatic carbocycles. The highest BCUT2D eigenvalue weighted by Crippen LogP contribution is 2.32. The topological polar surface area (TPSA) is 54.0 Å². The Bertz CT molecular complexity index is 425. The zero-order valence-electron chi connectivity index (χ0n) is 11.7. The Labute approximate surface area is 114 Å². The third-order valence-electron chi connectivity index (χ3n) is 3.46. The van der Waals surface area contributed by atoms with Crippen LogP contribution >= 0.6 is 0 Å². The minimum Gasteiger partial charge on any atom is -0.493 e. The fraction of sp³-hybridized carbons (Fsp3) is 0.571. The maximum absolute atomic E-state index is 9.91. The number of hydrogen-bond acceptors (Lipinski definition) is 5. The number of aliphatic hydroxyl groups excluding tert-OH is 1. The average molecular weight is 266 g/mol. The van der Waals surface area contributed by atoms with Gasteiger partial charge in [0.2, 0.25) is 0 Å². The Morgan fingerprint density at radius 1 is 1.21 bits per heavy atom. The lowest BCUT2D eigenvalue weighted by molar-refractivity contribution is 0.184. The molecule has 2 N–H and O–H groups in total. The summed E-state index contributed by atoms with van der Waals surface area (Å²) in [5.41, 5.74) is 1.04. The molecule has 1 fully saturated rings. The van der Waals surface area contributed by atoms with Crippen molar-refractivity contribution in [1.29, 1.82) is 0 Å². The van der Waals surface area contributed by atoms with E-state index in [1.807, 2.05) is 18.2 Å². The minimum atomic E-state index is -0.363. The van der Waals surface area contributed by atoms with E-state index in [0.29, 0.717) is 30.6 Å². The van der Waals surface area contributed by atoms with Gasteiger partial charge in [0.05, 0.1) is 20.3 Å². The molecular weight excluding hydrogens is 244 g/mol.